The number of ketones is 1. The Hall–Kier alpha value is -2.45. The summed E-state index contributed by atoms with van der Waals surface area (Å²) in [6.45, 7) is 10.7. The number of anilines is 1. The summed E-state index contributed by atoms with van der Waals surface area (Å²) in [5, 5.41) is 2.97. The molecule has 3 aliphatic heterocycles. The first-order valence-electron chi connectivity index (χ1n) is 12.6. The van der Waals surface area contributed by atoms with E-state index in [0.29, 0.717) is 18.5 Å². The van der Waals surface area contributed by atoms with E-state index in [9.17, 15) is 14.4 Å². The molecule has 1 aromatic rings. The Morgan fingerprint density at radius 2 is 1.79 bits per heavy atom. The van der Waals surface area contributed by atoms with E-state index in [1.165, 1.54) is 0 Å². The van der Waals surface area contributed by atoms with Crippen molar-refractivity contribution in [1.29, 1.82) is 0 Å². The monoisotopic (exact) mass is 470 g/mol. The fourth-order valence-corrected chi connectivity index (χ4v) is 5.36. The highest BCUT2D eigenvalue weighted by Gasteiger charge is 2.52. The van der Waals surface area contributed by atoms with Crippen molar-refractivity contribution in [3.8, 4) is 0 Å². The number of nitrogens with one attached hydrogen (secondary N) is 1. The summed E-state index contributed by atoms with van der Waals surface area (Å²) in [5.41, 5.74) is 1.64. The molecule has 0 spiro atoms. The molecule has 1 N–H and O–H groups in total. The van der Waals surface area contributed by atoms with E-state index in [1.807, 2.05) is 38.1 Å². The summed E-state index contributed by atoms with van der Waals surface area (Å²) in [6, 6.07) is 6.41. The van der Waals surface area contributed by atoms with E-state index in [-0.39, 0.29) is 42.1 Å². The van der Waals surface area contributed by atoms with Crippen molar-refractivity contribution in [2.45, 2.75) is 51.8 Å². The average Bonchev–Trinajstić information content (AvgIpc) is 3.39. The lowest BCUT2D eigenvalue weighted by atomic mass is 9.99. The van der Waals surface area contributed by atoms with Gasteiger partial charge in [0.2, 0.25) is 5.91 Å². The number of benzene rings is 1. The van der Waals surface area contributed by atoms with Crippen molar-refractivity contribution in [2.75, 3.05) is 51.3 Å². The zero-order chi connectivity index (χ0) is 24.4. The number of ether oxygens (including phenoxy) is 1. The van der Waals surface area contributed by atoms with Gasteiger partial charge < -0.3 is 24.8 Å². The quantitative estimate of drug-likeness (QED) is 0.654. The first-order chi connectivity index (χ1) is 16.3. The number of likely N-dealkylation sites (tertiary alicyclic amines) is 1. The number of rotatable bonds is 7. The molecular formula is C26H38N4O4. The Morgan fingerprint density at radius 1 is 1.12 bits per heavy atom. The number of nitrogens with zero attached hydrogens (tertiary/aromatic N) is 3. The van der Waals surface area contributed by atoms with Crippen LogP contribution >= 0.6 is 0 Å². The highest BCUT2D eigenvalue weighted by atomic mass is 16.5. The van der Waals surface area contributed by atoms with Crippen molar-refractivity contribution >= 4 is 23.3 Å². The Balaban J connectivity index is 1.45. The topological polar surface area (TPSA) is 82.2 Å². The number of carbonyl (C=O) groups is 3. The minimum Gasteiger partial charge on any atom is -0.369 e. The van der Waals surface area contributed by atoms with Gasteiger partial charge in [0.1, 0.15) is 18.7 Å². The van der Waals surface area contributed by atoms with Crippen LogP contribution < -0.4 is 10.2 Å². The van der Waals surface area contributed by atoms with Crippen LogP contribution in [0.15, 0.2) is 24.3 Å². The van der Waals surface area contributed by atoms with Crippen LogP contribution in [0.25, 0.3) is 0 Å². The van der Waals surface area contributed by atoms with Crippen molar-refractivity contribution in [3.63, 3.8) is 0 Å². The smallest absolute Gasteiger partial charge is 0.251 e. The highest BCUT2D eigenvalue weighted by molar-refractivity contribution is 5.99. The first-order valence-corrected chi connectivity index (χ1v) is 12.6. The molecule has 186 valence electrons. The van der Waals surface area contributed by atoms with Gasteiger partial charge in [-0.15, -0.1) is 0 Å². The second-order valence-corrected chi connectivity index (χ2v) is 10.3. The van der Waals surface area contributed by atoms with Crippen LogP contribution in [0.3, 0.4) is 0 Å². The lowest BCUT2D eigenvalue weighted by molar-refractivity contribution is -0.138. The molecule has 0 aromatic heterocycles. The molecule has 34 heavy (non-hydrogen) atoms. The van der Waals surface area contributed by atoms with E-state index >= 15 is 0 Å². The average molecular weight is 471 g/mol. The summed E-state index contributed by atoms with van der Waals surface area (Å²) in [5.74, 6) is -0.118. The maximum absolute atomic E-state index is 13.6. The molecule has 8 heteroatoms. The van der Waals surface area contributed by atoms with E-state index in [1.54, 1.807) is 4.90 Å². The first kappa shape index (κ1) is 24.7. The predicted molar refractivity (Wildman–Crippen MR) is 131 cm³/mol. The summed E-state index contributed by atoms with van der Waals surface area (Å²) < 4.78 is 5.71. The second kappa shape index (κ2) is 10.4. The van der Waals surface area contributed by atoms with E-state index in [0.717, 1.165) is 38.3 Å². The molecule has 0 bridgehead atoms. The summed E-state index contributed by atoms with van der Waals surface area (Å²) in [7, 11) is 2.12. The van der Waals surface area contributed by atoms with Crippen LogP contribution in [0.2, 0.25) is 0 Å². The fraction of sp³-hybridized carbons (Fsp3) is 0.654. The number of Topliss-reactive ketones (excluding diaryl/α,β-unsaturated/α-hetero) is 1. The van der Waals surface area contributed by atoms with E-state index in [2.05, 4.69) is 29.1 Å². The molecule has 3 fully saturated rings. The normalized spacial score (nSPS) is 26.1. The van der Waals surface area contributed by atoms with Gasteiger partial charge in [-0.2, -0.15) is 0 Å². The summed E-state index contributed by atoms with van der Waals surface area (Å²) >= 11 is 0. The Bertz CT molecular complexity index is 895. The van der Waals surface area contributed by atoms with Gasteiger partial charge in [-0.25, -0.2) is 0 Å². The molecule has 3 saturated heterocycles. The molecule has 3 aliphatic rings. The molecule has 3 heterocycles. The van der Waals surface area contributed by atoms with Gasteiger partial charge in [0.15, 0.2) is 5.78 Å². The molecule has 1 aromatic carbocycles. The number of piperazine rings is 1. The van der Waals surface area contributed by atoms with Crippen LogP contribution in [0.1, 0.15) is 44.0 Å². The van der Waals surface area contributed by atoms with Crippen molar-refractivity contribution in [2.24, 2.45) is 11.8 Å². The Kier molecular flexibility index (Phi) is 7.57. The van der Waals surface area contributed by atoms with Gasteiger partial charge in [0, 0.05) is 49.9 Å². The van der Waals surface area contributed by atoms with E-state index in [4.69, 9.17) is 4.74 Å². The van der Waals surface area contributed by atoms with Crippen LogP contribution in [-0.4, -0.2) is 92.0 Å². The number of hydrogen-bond donors (Lipinski definition) is 1. The number of hydrogen-bond acceptors (Lipinski definition) is 6. The predicted octanol–water partition coefficient (Wildman–Crippen LogP) is 1.79. The Morgan fingerprint density at radius 3 is 2.41 bits per heavy atom. The third-order valence-electron chi connectivity index (χ3n) is 7.41. The van der Waals surface area contributed by atoms with Crippen LogP contribution in [0, 0.1) is 11.8 Å². The summed E-state index contributed by atoms with van der Waals surface area (Å²) in [6.07, 6.45) is 1.14. The van der Waals surface area contributed by atoms with Gasteiger partial charge >= 0.3 is 0 Å². The van der Waals surface area contributed by atoms with Gasteiger partial charge in [0.25, 0.3) is 5.91 Å². The minimum atomic E-state index is -0.672. The molecule has 4 rings (SSSR count). The number of amides is 2. The van der Waals surface area contributed by atoms with Crippen molar-refractivity contribution in [3.05, 3.63) is 29.8 Å². The summed E-state index contributed by atoms with van der Waals surface area (Å²) in [4.78, 5) is 45.5. The number of fused-ring (bicyclic) bond motifs is 1. The third kappa shape index (κ3) is 5.13. The number of carbonyl (C=O) groups excluding carboxylic acids is 3. The molecule has 0 radical (unpaired) electrons. The lowest BCUT2D eigenvalue weighted by Gasteiger charge is -2.34. The largest absolute Gasteiger partial charge is 0.369 e. The molecule has 4 atom stereocenters. The molecule has 0 aliphatic carbocycles. The van der Waals surface area contributed by atoms with Gasteiger partial charge in [-0.05, 0) is 50.1 Å². The van der Waals surface area contributed by atoms with Gasteiger partial charge in [0.05, 0.1) is 6.10 Å². The van der Waals surface area contributed by atoms with Crippen molar-refractivity contribution < 1.29 is 19.1 Å². The van der Waals surface area contributed by atoms with Gasteiger partial charge in [-0.3, -0.25) is 14.4 Å². The van der Waals surface area contributed by atoms with Crippen molar-refractivity contribution in [1.82, 2.24) is 15.1 Å². The zero-order valence-corrected chi connectivity index (χ0v) is 20.8. The van der Waals surface area contributed by atoms with E-state index < -0.39 is 12.1 Å². The standard InChI is InChI=1S/C26H38N4O4/c1-5-18-15-30(23-22(31)16-34-24(18)23)26(33)21(14-17(2)3)27-25(32)19-6-8-20(9-7-19)29-12-10-28(4)11-13-29/h6-9,17-18,21,23-24H,5,10-16H2,1-4H3,(H,27,32)/t18-,21?,23+,24+/m0/s1. The van der Waals surface area contributed by atoms with Crippen LogP contribution in [0.4, 0.5) is 5.69 Å². The van der Waals surface area contributed by atoms with Crippen LogP contribution in [-0.2, 0) is 14.3 Å². The molecule has 2 amide bonds. The minimum absolute atomic E-state index is 0.0385. The lowest BCUT2D eigenvalue weighted by Crippen LogP contribution is -2.52. The number of likely N-dealkylation sites (N-methyl/N-ethyl adjacent to an activating group) is 1. The molecular weight excluding hydrogens is 432 g/mol. The van der Waals surface area contributed by atoms with Crippen LogP contribution in [0.5, 0.6) is 0 Å². The zero-order valence-electron chi connectivity index (χ0n) is 20.8. The maximum atomic E-state index is 13.6. The molecule has 8 nitrogen and oxygen atoms in total. The van der Waals surface area contributed by atoms with Gasteiger partial charge in [-0.1, -0.05) is 20.8 Å². The highest BCUT2D eigenvalue weighted by Crippen LogP contribution is 2.34. The molecule has 1 unspecified atom stereocenters. The SMILES string of the molecule is CC[C@H]1CN(C(=O)C(CC(C)C)NC(=O)c2ccc(N3CCN(C)CC3)cc2)[C@@H]2C(=O)CO[C@H]12. The third-order valence-corrected chi connectivity index (χ3v) is 7.41. The fourth-order valence-electron chi connectivity index (χ4n) is 5.36. The molecule has 0 saturated carbocycles. The Labute approximate surface area is 202 Å². The second-order valence-electron chi connectivity index (χ2n) is 10.3. The maximum Gasteiger partial charge on any atom is 0.251 e.